The summed E-state index contributed by atoms with van der Waals surface area (Å²) in [6.45, 7) is 1.38. The van der Waals surface area contributed by atoms with Crippen LogP contribution in [-0.4, -0.2) is 29.3 Å². The van der Waals surface area contributed by atoms with Crippen LogP contribution in [0.2, 0.25) is 0 Å². The zero-order valence-corrected chi connectivity index (χ0v) is 15.0. The highest BCUT2D eigenvalue weighted by molar-refractivity contribution is 5.86. The summed E-state index contributed by atoms with van der Waals surface area (Å²) in [5, 5.41) is 11.0. The number of fused-ring (bicyclic) bond motifs is 1. The Bertz CT molecular complexity index is 966. The molecule has 1 aliphatic rings. The molecule has 1 aliphatic heterocycles. The quantitative estimate of drug-likeness (QED) is 0.685. The minimum Gasteiger partial charge on any atom is -0.507 e. The number of para-hydroxylation sites is 1. The van der Waals surface area contributed by atoms with Gasteiger partial charge in [0.1, 0.15) is 23.4 Å². The molecule has 0 saturated carbocycles. The molecule has 0 atom stereocenters. The third-order valence-corrected chi connectivity index (χ3v) is 4.93. The molecule has 0 radical (unpaired) electrons. The van der Waals surface area contributed by atoms with Gasteiger partial charge < -0.3 is 14.7 Å². The average Bonchev–Trinajstić information content (AvgIpc) is 2.68. The van der Waals surface area contributed by atoms with Gasteiger partial charge in [0.2, 0.25) is 0 Å². The van der Waals surface area contributed by atoms with E-state index in [-0.39, 0.29) is 11.9 Å². The highest BCUT2D eigenvalue weighted by Crippen LogP contribution is 2.32. The number of aromatic nitrogens is 1. The summed E-state index contributed by atoms with van der Waals surface area (Å²) in [4.78, 5) is 6.70. The van der Waals surface area contributed by atoms with Gasteiger partial charge in [0.05, 0.1) is 11.1 Å². The van der Waals surface area contributed by atoms with Crippen molar-refractivity contribution in [3.8, 4) is 11.5 Å². The van der Waals surface area contributed by atoms with Crippen LogP contribution in [0.25, 0.3) is 10.9 Å². The highest BCUT2D eigenvalue weighted by atomic mass is 19.4. The Morgan fingerprint density at radius 1 is 1.00 bits per heavy atom. The summed E-state index contributed by atoms with van der Waals surface area (Å²) in [7, 11) is 0. The van der Waals surface area contributed by atoms with E-state index < -0.39 is 11.7 Å². The van der Waals surface area contributed by atoms with Crippen LogP contribution in [0.4, 0.5) is 19.0 Å². The maximum Gasteiger partial charge on any atom is 0.416 e. The fourth-order valence-corrected chi connectivity index (χ4v) is 3.42. The van der Waals surface area contributed by atoms with Crippen LogP contribution in [0, 0.1) is 0 Å². The molecular weight excluding hydrogens is 369 g/mol. The van der Waals surface area contributed by atoms with E-state index in [1.165, 1.54) is 12.1 Å². The number of rotatable bonds is 3. The number of pyridine rings is 1. The lowest BCUT2D eigenvalue weighted by Gasteiger charge is -2.33. The molecule has 3 aromatic rings. The molecule has 28 heavy (non-hydrogen) atoms. The Labute approximate surface area is 160 Å². The first kappa shape index (κ1) is 18.4. The van der Waals surface area contributed by atoms with Crippen molar-refractivity contribution in [1.29, 1.82) is 0 Å². The van der Waals surface area contributed by atoms with Gasteiger partial charge in [-0.1, -0.05) is 12.1 Å². The minimum absolute atomic E-state index is 0.0676. The first-order chi connectivity index (χ1) is 13.4. The molecule has 0 bridgehead atoms. The predicted octanol–water partition coefficient (Wildman–Crippen LogP) is 5.01. The lowest BCUT2D eigenvalue weighted by Crippen LogP contribution is -2.38. The van der Waals surface area contributed by atoms with Crippen LogP contribution in [0.15, 0.2) is 54.6 Å². The average molecular weight is 388 g/mol. The fraction of sp³-hybridized carbons (Fsp3) is 0.286. The summed E-state index contributed by atoms with van der Waals surface area (Å²) in [5.41, 5.74) is 0.0532. The Morgan fingerprint density at radius 3 is 2.36 bits per heavy atom. The van der Waals surface area contributed by atoms with E-state index in [2.05, 4.69) is 9.88 Å². The smallest absolute Gasteiger partial charge is 0.416 e. The summed E-state index contributed by atoms with van der Waals surface area (Å²) < 4.78 is 43.8. The lowest BCUT2D eigenvalue weighted by atomic mass is 10.1. The van der Waals surface area contributed by atoms with E-state index in [0.717, 1.165) is 30.5 Å². The first-order valence-corrected chi connectivity index (χ1v) is 9.08. The molecule has 4 rings (SSSR count). The molecule has 1 saturated heterocycles. The molecule has 0 unspecified atom stereocenters. The summed E-state index contributed by atoms with van der Waals surface area (Å²) in [6.07, 6.45) is -2.98. The van der Waals surface area contributed by atoms with Gasteiger partial charge in [-0.2, -0.15) is 13.2 Å². The van der Waals surface area contributed by atoms with Crippen molar-refractivity contribution in [2.24, 2.45) is 0 Å². The Hall–Kier alpha value is -2.96. The summed E-state index contributed by atoms with van der Waals surface area (Å²) in [5.74, 6) is 1.35. The zero-order valence-electron chi connectivity index (χ0n) is 15.0. The van der Waals surface area contributed by atoms with Gasteiger partial charge in [0.15, 0.2) is 0 Å². The van der Waals surface area contributed by atoms with Crippen LogP contribution < -0.4 is 9.64 Å². The Balaban J connectivity index is 1.40. The highest BCUT2D eigenvalue weighted by Gasteiger charge is 2.30. The molecule has 1 N–H and O–H groups in total. The second kappa shape index (κ2) is 7.22. The normalized spacial score (nSPS) is 15.8. The molecule has 1 aromatic heterocycles. The SMILES string of the molecule is Oc1cc(N2CCC(Oc3ccc(C(F)(F)F)cc3)CC2)nc2ccccc12. The third kappa shape index (κ3) is 3.83. The Morgan fingerprint density at radius 2 is 1.68 bits per heavy atom. The first-order valence-electron chi connectivity index (χ1n) is 9.08. The molecule has 146 valence electrons. The second-order valence-electron chi connectivity index (χ2n) is 6.84. The van der Waals surface area contributed by atoms with E-state index in [4.69, 9.17) is 4.74 Å². The van der Waals surface area contributed by atoms with E-state index in [0.29, 0.717) is 30.0 Å². The number of piperidine rings is 1. The second-order valence-corrected chi connectivity index (χ2v) is 6.84. The number of hydrogen-bond donors (Lipinski definition) is 1. The van der Waals surface area contributed by atoms with Gasteiger partial charge >= 0.3 is 6.18 Å². The van der Waals surface area contributed by atoms with Crippen molar-refractivity contribution in [1.82, 2.24) is 4.98 Å². The predicted molar refractivity (Wildman–Crippen MR) is 101 cm³/mol. The van der Waals surface area contributed by atoms with Gasteiger partial charge in [0.25, 0.3) is 0 Å². The summed E-state index contributed by atoms with van der Waals surface area (Å²) >= 11 is 0. The van der Waals surface area contributed by atoms with Crippen molar-refractivity contribution in [3.63, 3.8) is 0 Å². The number of nitrogens with zero attached hydrogens (tertiary/aromatic N) is 2. The Kier molecular flexibility index (Phi) is 4.75. The topological polar surface area (TPSA) is 45.6 Å². The molecule has 1 fully saturated rings. The van der Waals surface area contributed by atoms with Crippen molar-refractivity contribution in [2.75, 3.05) is 18.0 Å². The largest absolute Gasteiger partial charge is 0.507 e. The van der Waals surface area contributed by atoms with Crippen LogP contribution in [0.1, 0.15) is 18.4 Å². The minimum atomic E-state index is -4.34. The molecule has 0 aliphatic carbocycles. The van der Waals surface area contributed by atoms with E-state index in [1.807, 2.05) is 24.3 Å². The van der Waals surface area contributed by atoms with Crippen molar-refractivity contribution in [2.45, 2.75) is 25.1 Å². The van der Waals surface area contributed by atoms with Crippen molar-refractivity contribution in [3.05, 3.63) is 60.2 Å². The van der Waals surface area contributed by atoms with Gasteiger partial charge in [0, 0.05) is 37.4 Å². The van der Waals surface area contributed by atoms with Gasteiger partial charge in [-0.15, -0.1) is 0 Å². The van der Waals surface area contributed by atoms with Crippen molar-refractivity contribution >= 4 is 16.7 Å². The number of benzene rings is 2. The molecule has 0 spiro atoms. The number of ether oxygens (including phenoxy) is 1. The number of hydrogen-bond acceptors (Lipinski definition) is 4. The lowest BCUT2D eigenvalue weighted by molar-refractivity contribution is -0.137. The third-order valence-electron chi connectivity index (χ3n) is 4.93. The molecule has 2 heterocycles. The van der Waals surface area contributed by atoms with Crippen LogP contribution in [0.3, 0.4) is 0 Å². The summed E-state index contributed by atoms with van der Waals surface area (Å²) in [6, 6.07) is 13.9. The molecule has 4 nitrogen and oxygen atoms in total. The number of anilines is 1. The van der Waals surface area contributed by atoms with Crippen molar-refractivity contribution < 1.29 is 23.0 Å². The zero-order chi connectivity index (χ0) is 19.7. The fourth-order valence-electron chi connectivity index (χ4n) is 3.42. The van der Waals surface area contributed by atoms with E-state index in [1.54, 1.807) is 6.07 Å². The van der Waals surface area contributed by atoms with Crippen LogP contribution >= 0.6 is 0 Å². The van der Waals surface area contributed by atoms with Gasteiger partial charge in [-0.05, 0) is 36.4 Å². The number of halogens is 3. The molecule has 0 amide bonds. The molecule has 7 heteroatoms. The van der Waals surface area contributed by atoms with Crippen LogP contribution in [-0.2, 0) is 6.18 Å². The van der Waals surface area contributed by atoms with Gasteiger partial charge in [-0.25, -0.2) is 4.98 Å². The monoisotopic (exact) mass is 388 g/mol. The van der Waals surface area contributed by atoms with Crippen LogP contribution in [0.5, 0.6) is 11.5 Å². The number of aromatic hydroxyl groups is 1. The van der Waals surface area contributed by atoms with Gasteiger partial charge in [-0.3, -0.25) is 0 Å². The van der Waals surface area contributed by atoms with E-state index in [9.17, 15) is 18.3 Å². The maximum absolute atomic E-state index is 12.6. The van der Waals surface area contributed by atoms with E-state index >= 15 is 0 Å². The standard InChI is InChI=1S/C21H19F3N2O2/c22-21(23,24)14-5-7-15(8-6-14)28-16-9-11-26(12-10-16)20-13-19(27)17-3-1-2-4-18(17)25-20/h1-8,13,16H,9-12H2,(H,25,27). The number of alkyl halides is 3. The molecule has 2 aromatic carbocycles. The molecular formula is C21H19F3N2O2. The maximum atomic E-state index is 12.6.